The number of rotatable bonds is 6. The third-order valence-corrected chi connectivity index (χ3v) is 9.15. The molecule has 0 aliphatic carbocycles. The first-order valence-electron chi connectivity index (χ1n) is 15.2. The minimum Gasteiger partial charge on any atom is -0.478 e. The first kappa shape index (κ1) is 29.8. The number of carbonyl (C=O) groups is 1. The fourth-order valence-corrected chi connectivity index (χ4v) is 6.56. The van der Waals surface area contributed by atoms with E-state index in [0.29, 0.717) is 18.1 Å². The molecule has 4 heterocycles. The summed E-state index contributed by atoms with van der Waals surface area (Å²) >= 11 is 5.91. The molecule has 45 heavy (non-hydrogen) atoms. The lowest BCUT2D eigenvalue weighted by Gasteiger charge is -2.42. The molecule has 3 aliphatic heterocycles. The third kappa shape index (κ3) is 6.16. The Morgan fingerprint density at radius 3 is 2.67 bits per heavy atom. The van der Waals surface area contributed by atoms with Gasteiger partial charge in [0.25, 0.3) is 5.79 Å². The van der Waals surface area contributed by atoms with Crippen LogP contribution in [-0.2, 0) is 22.6 Å². The van der Waals surface area contributed by atoms with E-state index in [9.17, 15) is 14.3 Å². The van der Waals surface area contributed by atoms with Crippen molar-refractivity contribution < 1.29 is 28.5 Å². The summed E-state index contributed by atoms with van der Waals surface area (Å²) in [4.78, 5) is 19.0. The SMILES string of the molecule is CC1(C#Cc2ccc(Cl)cc2F)Oc2ccccc2C(C2CCN(Cc3nc4ccc(C(=O)O)cc4n3C[C@@H]3CCO3)CC2)O1. The number of imidazole rings is 1. The van der Waals surface area contributed by atoms with Crippen molar-refractivity contribution in [2.75, 3.05) is 19.7 Å². The van der Waals surface area contributed by atoms with E-state index in [4.69, 9.17) is 30.8 Å². The Hall–Kier alpha value is -3.94. The number of halogens is 2. The van der Waals surface area contributed by atoms with Crippen molar-refractivity contribution in [1.82, 2.24) is 14.5 Å². The van der Waals surface area contributed by atoms with Crippen molar-refractivity contribution in [3.8, 4) is 17.6 Å². The largest absolute Gasteiger partial charge is 0.478 e. The molecular formula is C35H33ClFN3O5. The van der Waals surface area contributed by atoms with Crippen LogP contribution in [0.5, 0.6) is 5.75 Å². The number of piperidine rings is 1. The molecule has 1 aromatic heterocycles. The molecule has 8 nitrogen and oxygen atoms in total. The molecule has 0 spiro atoms. The number of hydrogen-bond donors (Lipinski definition) is 1. The summed E-state index contributed by atoms with van der Waals surface area (Å²) in [7, 11) is 0. The number of ether oxygens (including phenoxy) is 3. The molecule has 10 heteroatoms. The molecule has 2 unspecified atom stereocenters. The van der Waals surface area contributed by atoms with E-state index >= 15 is 0 Å². The third-order valence-electron chi connectivity index (χ3n) is 8.92. The molecule has 0 saturated carbocycles. The highest BCUT2D eigenvalue weighted by molar-refractivity contribution is 6.30. The second-order valence-corrected chi connectivity index (χ2v) is 12.5. The van der Waals surface area contributed by atoms with Gasteiger partial charge >= 0.3 is 5.97 Å². The van der Waals surface area contributed by atoms with Crippen molar-refractivity contribution in [2.45, 2.75) is 57.3 Å². The Balaban J connectivity index is 1.09. The highest BCUT2D eigenvalue weighted by Crippen LogP contribution is 2.45. The average Bonchev–Trinajstić information content (AvgIpc) is 3.34. The van der Waals surface area contributed by atoms with Crippen LogP contribution < -0.4 is 4.74 Å². The lowest BCUT2D eigenvalue weighted by atomic mass is 9.86. The van der Waals surface area contributed by atoms with Crippen LogP contribution in [0.4, 0.5) is 4.39 Å². The van der Waals surface area contributed by atoms with E-state index in [2.05, 4.69) is 21.3 Å². The monoisotopic (exact) mass is 629 g/mol. The predicted molar refractivity (Wildman–Crippen MR) is 167 cm³/mol. The molecule has 2 saturated heterocycles. The van der Waals surface area contributed by atoms with Gasteiger partial charge < -0.3 is 23.9 Å². The fourth-order valence-electron chi connectivity index (χ4n) is 6.40. The summed E-state index contributed by atoms with van der Waals surface area (Å²) in [6.45, 7) is 5.51. The number of fused-ring (bicyclic) bond motifs is 2. The van der Waals surface area contributed by atoms with Crippen molar-refractivity contribution >= 4 is 28.6 Å². The molecular weight excluding hydrogens is 597 g/mol. The van der Waals surface area contributed by atoms with Gasteiger partial charge in [0.1, 0.15) is 17.4 Å². The summed E-state index contributed by atoms with van der Waals surface area (Å²) < 4.78 is 35.1. The van der Waals surface area contributed by atoms with Crippen LogP contribution in [0, 0.1) is 23.6 Å². The van der Waals surface area contributed by atoms with Crippen LogP contribution in [0.25, 0.3) is 11.0 Å². The molecule has 0 bridgehead atoms. The molecule has 0 amide bonds. The number of aromatic carboxylic acids is 1. The van der Waals surface area contributed by atoms with Gasteiger partial charge in [-0.1, -0.05) is 35.7 Å². The summed E-state index contributed by atoms with van der Waals surface area (Å²) in [6, 6.07) is 17.4. The van der Waals surface area contributed by atoms with Gasteiger partial charge in [-0.2, -0.15) is 0 Å². The van der Waals surface area contributed by atoms with Gasteiger partial charge in [-0.05, 0) is 86.7 Å². The lowest BCUT2D eigenvalue weighted by molar-refractivity contribution is -0.198. The van der Waals surface area contributed by atoms with Crippen LogP contribution in [0.2, 0.25) is 5.02 Å². The van der Waals surface area contributed by atoms with Crippen LogP contribution >= 0.6 is 11.6 Å². The van der Waals surface area contributed by atoms with E-state index in [1.807, 2.05) is 24.3 Å². The fraction of sp³-hybridized carbons (Fsp3) is 0.371. The number of aromatic nitrogens is 2. The highest BCUT2D eigenvalue weighted by Gasteiger charge is 2.41. The van der Waals surface area contributed by atoms with E-state index < -0.39 is 17.6 Å². The van der Waals surface area contributed by atoms with Crippen molar-refractivity contribution in [3.05, 3.63) is 94.0 Å². The van der Waals surface area contributed by atoms with E-state index in [1.54, 1.807) is 37.3 Å². The van der Waals surface area contributed by atoms with Gasteiger partial charge in [0, 0.05) is 24.1 Å². The van der Waals surface area contributed by atoms with Gasteiger partial charge in [0.2, 0.25) is 0 Å². The molecule has 3 aromatic carbocycles. The zero-order valence-electron chi connectivity index (χ0n) is 24.8. The zero-order chi connectivity index (χ0) is 31.1. The first-order chi connectivity index (χ1) is 21.7. The number of carboxylic acid groups (broad SMARTS) is 1. The Labute approximate surface area is 265 Å². The Kier molecular flexibility index (Phi) is 8.00. The average molecular weight is 630 g/mol. The summed E-state index contributed by atoms with van der Waals surface area (Å²) in [5.74, 6) is 5.08. The van der Waals surface area contributed by atoms with E-state index in [0.717, 1.165) is 67.1 Å². The topological polar surface area (TPSA) is 86.1 Å². The van der Waals surface area contributed by atoms with Crippen molar-refractivity contribution in [3.63, 3.8) is 0 Å². The van der Waals surface area contributed by atoms with E-state index in [1.165, 1.54) is 6.07 Å². The number of carboxylic acids is 1. The molecule has 2 fully saturated rings. The minimum absolute atomic E-state index is 0.111. The van der Waals surface area contributed by atoms with Crippen molar-refractivity contribution in [2.24, 2.45) is 5.92 Å². The summed E-state index contributed by atoms with van der Waals surface area (Å²) in [5, 5.41) is 9.87. The van der Waals surface area contributed by atoms with Gasteiger partial charge in [-0.25, -0.2) is 14.2 Å². The smallest absolute Gasteiger partial charge is 0.335 e. The maximum atomic E-state index is 14.4. The first-order valence-corrected chi connectivity index (χ1v) is 15.6. The second kappa shape index (κ2) is 12.1. The standard InChI is InChI=1S/C35H33ClFN3O5/c1-35(14-10-22-6-8-25(36)19-28(22)37)44-31-5-3-2-4-27(31)33(45-35)23-11-15-39(16-12-23)21-32-38-29-9-7-24(34(41)42)18-30(29)40(32)20-26-13-17-43-26/h2-9,18-19,23,26,33H,11-13,15-17,20-21H2,1H3,(H,41,42)/t26-,33?,35?/m0/s1. The van der Waals surface area contributed by atoms with Gasteiger partial charge in [0.05, 0.1) is 47.5 Å². The Morgan fingerprint density at radius 2 is 1.93 bits per heavy atom. The van der Waals surface area contributed by atoms with Gasteiger partial charge in [0.15, 0.2) is 0 Å². The minimum atomic E-state index is -1.26. The molecule has 4 aromatic rings. The molecule has 3 aliphatic rings. The Bertz CT molecular complexity index is 1820. The number of para-hydroxylation sites is 1. The number of nitrogens with zero attached hydrogens (tertiary/aromatic N) is 3. The maximum absolute atomic E-state index is 14.4. The predicted octanol–water partition coefficient (Wildman–Crippen LogP) is 6.45. The second-order valence-electron chi connectivity index (χ2n) is 12.0. The highest BCUT2D eigenvalue weighted by atomic mass is 35.5. The molecule has 7 rings (SSSR count). The lowest BCUT2D eigenvalue weighted by Crippen LogP contribution is -2.44. The normalized spacial score (nSPS) is 23.4. The summed E-state index contributed by atoms with van der Waals surface area (Å²) in [6.07, 6.45) is 2.64. The maximum Gasteiger partial charge on any atom is 0.335 e. The summed E-state index contributed by atoms with van der Waals surface area (Å²) in [5.41, 5.74) is 3.07. The molecule has 1 N–H and O–H groups in total. The zero-order valence-corrected chi connectivity index (χ0v) is 25.6. The quantitative estimate of drug-likeness (QED) is 0.246. The van der Waals surface area contributed by atoms with Crippen LogP contribution in [0.15, 0.2) is 60.7 Å². The molecule has 0 radical (unpaired) electrons. The number of hydrogen-bond acceptors (Lipinski definition) is 6. The number of benzene rings is 3. The molecule has 232 valence electrons. The van der Waals surface area contributed by atoms with Crippen LogP contribution in [0.1, 0.15) is 59.6 Å². The van der Waals surface area contributed by atoms with Crippen LogP contribution in [0.3, 0.4) is 0 Å². The van der Waals surface area contributed by atoms with Gasteiger partial charge in [-0.3, -0.25) is 4.90 Å². The Morgan fingerprint density at radius 1 is 1.13 bits per heavy atom. The number of likely N-dealkylation sites (tertiary alicyclic amines) is 1. The van der Waals surface area contributed by atoms with E-state index in [-0.39, 0.29) is 29.3 Å². The van der Waals surface area contributed by atoms with Crippen molar-refractivity contribution in [1.29, 1.82) is 0 Å². The van der Waals surface area contributed by atoms with Crippen LogP contribution in [-0.4, -0.2) is 57.1 Å². The van der Waals surface area contributed by atoms with Gasteiger partial charge in [-0.15, -0.1) is 0 Å². The molecule has 3 atom stereocenters.